The Kier molecular flexibility index (Phi) is 3.33. The molecule has 100 valence electrons. The van der Waals surface area contributed by atoms with Crippen LogP contribution in [0.4, 0.5) is 13.2 Å². The lowest BCUT2D eigenvalue weighted by atomic mass is 10.2. The number of nitrogens with zero attached hydrogens (tertiary/aromatic N) is 1. The molecule has 0 unspecified atom stereocenters. The summed E-state index contributed by atoms with van der Waals surface area (Å²) in [6, 6.07) is 8.18. The Morgan fingerprint density at radius 1 is 1.05 bits per heavy atom. The second-order valence-corrected chi connectivity index (χ2v) is 3.96. The number of hydrogen-bond acceptors (Lipinski definition) is 2. The Morgan fingerprint density at radius 2 is 1.68 bits per heavy atom. The zero-order valence-electron chi connectivity index (χ0n) is 9.94. The zero-order valence-corrected chi connectivity index (χ0v) is 9.94. The number of hydrogen-bond donors (Lipinski definition) is 0. The highest BCUT2D eigenvalue weighted by molar-refractivity contribution is 5.38. The predicted octanol–water partition coefficient (Wildman–Crippen LogP) is 3.04. The Labute approximate surface area is 106 Å². The minimum atomic E-state index is -4.72. The van der Waals surface area contributed by atoms with E-state index < -0.39 is 6.36 Å². The maximum absolute atomic E-state index is 12.0. The molecule has 1 aromatic heterocycles. The minimum absolute atomic E-state index is 0.255. The summed E-state index contributed by atoms with van der Waals surface area (Å²) in [7, 11) is 0. The van der Waals surface area contributed by atoms with Gasteiger partial charge in [-0.3, -0.25) is 9.36 Å². The number of alkyl halides is 3. The summed E-state index contributed by atoms with van der Waals surface area (Å²) in [5.41, 5.74) is 1.09. The molecule has 0 radical (unpaired) electrons. The Hall–Kier alpha value is -2.24. The average Bonchev–Trinajstić information content (AvgIpc) is 2.31. The zero-order chi connectivity index (χ0) is 14.0. The smallest absolute Gasteiger partial charge is 0.406 e. The molecule has 2 rings (SSSR count). The van der Waals surface area contributed by atoms with Crippen molar-refractivity contribution in [3.63, 3.8) is 0 Å². The van der Waals surface area contributed by atoms with Gasteiger partial charge >= 0.3 is 6.36 Å². The molecule has 0 saturated heterocycles. The molecule has 0 aliphatic rings. The van der Waals surface area contributed by atoms with Crippen molar-refractivity contribution in [3.05, 3.63) is 58.5 Å². The first-order chi connectivity index (χ1) is 8.85. The van der Waals surface area contributed by atoms with E-state index in [0.717, 1.165) is 17.7 Å². The molecule has 0 spiro atoms. The van der Waals surface area contributed by atoms with E-state index in [-0.39, 0.29) is 11.3 Å². The number of rotatable bonds is 2. The van der Waals surface area contributed by atoms with Crippen LogP contribution in [0.3, 0.4) is 0 Å². The third-order valence-corrected chi connectivity index (χ3v) is 2.41. The monoisotopic (exact) mass is 269 g/mol. The van der Waals surface area contributed by atoms with Gasteiger partial charge in [0.15, 0.2) is 0 Å². The van der Waals surface area contributed by atoms with Crippen molar-refractivity contribution in [3.8, 4) is 11.4 Å². The quantitative estimate of drug-likeness (QED) is 0.839. The van der Waals surface area contributed by atoms with Gasteiger partial charge in [0.25, 0.3) is 5.56 Å². The van der Waals surface area contributed by atoms with E-state index in [0.29, 0.717) is 5.69 Å². The van der Waals surface area contributed by atoms with Crippen LogP contribution in [0.2, 0.25) is 0 Å². The molecule has 0 atom stereocenters. The topological polar surface area (TPSA) is 31.2 Å². The highest BCUT2D eigenvalue weighted by Crippen LogP contribution is 2.23. The number of pyridine rings is 1. The summed E-state index contributed by atoms with van der Waals surface area (Å²) in [5, 5.41) is 0. The van der Waals surface area contributed by atoms with Crippen molar-refractivity contribution in [2.75, 3.05) is 0 Å². The van der Waals surface area contributed by atoms with Gasteiger partial charge in [0.1, 0.15) is 5.75 Å². The first kappa shape index (κ1) is 13.2. The number of halogens is 3. The van der Waals surface area contributed by atoms with Crippen LogP contribution in [-0.4, -0.2) is 10.9 Å². The number of aromatic nitrogens is 1. The molecule has 0 saturated carbocycles. The maximum atomic E-state index is 12.0. The van der Waals surface area contributed by atoms with E-state index >= 15 is 0 Å². The summed E-state index contributed by atoms with van der Waals surface area (Å²) in [4.78, 5) is 11.6. The summed E-state index contributed by atoms with van der Waals surface area (Å²) >= 11 is 0. The molecule has 1 aromatic carbocycles. The van der Waals surface area contributed by atoms with Crippen molar-refractivity contribution in [2.45, 2.75) is 13.3 Å². The van der Waals surface area contributed by atoms with Crippen LogP contribution in [0.5, 0.6) is 5.75 Å². The first-order valence-electron chi connectivity index (χ1n) is 5.41. The van der Waals surface area contributed by atoms with Crippen LogP contribution in [-0.2, 0) is 0 Å². The lowest BCUT2D eigenvalue weighted by Gasteiger charge is -2.10. The van der Waals surface area contributed by atoms with E-state index in [1.807, 2.05) is 6.92 Å². The van der Waals surface area contributed by atoms with E-state index in [9.17, 15) is 18.0 Å². The third kappa shape index (κ3) is 3.37. The van der Waals surface area contributed by atoms with Gasteiger partial charge in [-0.05, 0) is 36.8 Å². The minimum Gasteiger partial charge on any atom is -0.406 e. The molecule has 1 heterocycles. The van der Waals surface area contributed by atoms with Crippen molar-refractivity contribution in [1.82, 2.24) is 4.57 Å². The van der Waals surface area contributed by atoms with Gasteiger partial charge in [-0.15, -0.1) is 13.2 Å². The van der Waals surface area contributed by atoms with Gasteiger partial charge < -0.3 is 4.74 Å². The predicted molar refractivity (Wildman–Crippen MR) is 63.5 cm³/mol. The molecule has 0 aliphatic heterocycles. The van der Waals surface area contributed by atoms with Crippen molar-refractivity contribution >= 4 is 0 Å². The van der Waals surface area contributed by atoms with E-state index in [2.05, 4.69) is 4.74 Å². The molecule has 19 heavy (non-hydrogen) atoms. The van der Waals surface area contributed by atoms with Crippen molar-refractivity contribution < 1.29 is 17.9 Å². The maximum Gasteiger partial charge on any atom is 0.573 e. The average molecular weight is 269 g/mol. The second-order valence-electron chi connectivity index (χ2n) is 3.96. The number of benzene rings is 1. The van der Waals surface area contributed by atoms with Gasteiger partial charge in [-0.25, -0.2) is 0 Å². The van der Waals surface area contributed by atoms with Crippen LogP contribution in [0.25, 0.3) is 5.69 Å². The second kappa shape index (κ2) is 4.79. The summed E-state index contributed by atoms with van der Waals surface area (Å²) in [6.45, 7) is 1.82. The number of aryl methyl sites for hydroxylation is 1. The fourth-order valence-corrected chi connectivity index (χ4v) is 1.60. The van der Waals surface area contributed by atoms with Crippen LogP contribution < -0.4 is 10.3 Å². The van der Waals surface area contributed by atoms with E-state index in [1.165, 1.54) is 22.8 Å². The molecular formula is C13H10F3NO2. The summed E-state index contributed by atoms with van der Waals surface area (Å²) < 4.78 is 41.1. The molecular weight excluding hydrogens is 259 g/mol. The van der Waals surface area contributed by atoms with Gasteiger partial charge in [-0.1, -0.05) is 6.07 Å². The lowest BCUT2D eigenvalue weighted by molar-refractivity contribution is -0.274. The van der Waals surface area contributed by atoms with Crippen LogP contribution in [0.1, 0.15) is 5.56 Å². The van der Waals surface area contributed by atoms with Gasteiger partial charge in [0.05, 0.1) is 0 Å². The third-order valence-electron chi connectivity index (χ3n) is 2.41. The lowest BCUT2D eigenvalue weighted by Crippen LogP contribution is -2.18. The fourth-order valence-electron chi connectivity index (χ4n) is 1.60. The molecule has 3 nitrogen and oxygen atoms in total. The van der Waals surface area contributed by atoms with E-state index in [4.69, 9.17) is 0 Å². The molecule has 0 bridgehead atoms. The highest BCUT2D eigenvalue weighted by atomic mass is 19.4. The number of ether oxygens (including phenoxy) is 1. The Morgan fingerprint density at radius 3 is 2.26 bits per heavy atom. The molecule has 0 N–H and O–H groups in total. The molecule has 2 aromatic rings. The standard InChI is InChI=1S/C13H10F3NO2/c1-9-2-7-12(18)17(8-9)10-3-5-11(6-4-10)19-13(14,15)16/h2-8H,1H3. The summed E-state index contributed by atoms with van der Waals surface area (Å²) in [5.74, 6) is -0.322. The summed E-state index contributed by atoms with van der Waals surface area (Å²) in [6.07, 6.45) is -3.11. The van der Waals surface area contributed by atoms with Crippen molar-refractivity contribution in [2.24, 2.45) is 0 Å². The molecule has 0 amide bonds. The normalized spacial score (nSPS) is 11.4. The SMILES string of the molecule is Cc1ccc(=O)n(-c2ccc(OC(F)(F)F)cc2)c1. The Bertz CT molecular complexity index is 630. The van der Waals surface area contributed by atoms with Crippen LogP contribution >= 0.6 is 0 Å². The Balaban J connectivity index is 2.33. The van der Waals surface area contributed by atoms with Crippen LogP contribution in [0, 0.1) is 6.92 Å². The molecule has 0 aliphatic carbocycles. The highest BCUT2D eigenvalue weighted by Gasteiger charge is 2.30. The first-order valence-corrected chi connectivity index (χ1v) is 5.41. The van der Waals surface area contributed by atoms with Gasteiger partial charge in [0, 0.05) is 18.0 Å². The molecule has 0 fully saturated rings. The van der Waals surface area contributed by atoms with Crippen LogP contribution in [0.15, 0.2) is 47.4 Å². The van der Waals surface area contributed by atoms with E-state index in [1.54, 1.807) is 12.3 Å². The molecule has 6 heteroatoms. The fraction of sp³-hybridized carbons (Fsp3) is 0.154. The largest absolute Gasteiger partial charge is 0.573 e. The van der Waals surface area contributed by atoms with Crippen molar-refractivity contribution in [1.29, 1.82) is 0 Å². The van der Waals surface area contributed by atoms with Gasteiger partial charge in [0.2, 0.25) is 0 Å². The van der Waals surface area contributed by atoms with Gasteiger partial charge in [-0.2, -0.15) is 0 Å².